The number of nitrogens with zero attached hydrogens (tertiary/aromatic N) is 7. The molecule has 6 aromatic rings. The minimum Gasteiger partial charge on any atom is -0.508 e. The van der Waals surface area contributed by atoms with Gasteiger partial charge in [0.1, 0.15) is 35.7 Å². The summed E-state index contributed by atoms with van der Waals surface area (Å²) in [6.07, 6.45) is 6.88. The minimum absolute atomic E-state index is 0.0156. The summed E-state index contributed by atoms with van der Waals surface area (Å²) in [7, 11) is 0. The molecule has 0 radical (unpaired) electrons. The number of aromatic hydroxyl groups is 2. The zero-order valence-electron chi connectivity index (χ0n) is 43.3. The smallest absolute Gasteiger partial charge is 0.415 e. The van der Waals surface area contributed by atoms with Crippen molar-refractivity contribution in [2.24, 2.45) is 0 Å². The lowest BCUT2D eigenvalue weighted by molar-refractivity contribution is -0.172. The van der Waals surface area contributed by atoms with E-state index in [1.165, 1.54) is 6.07 Å². The monoisotopic (exact) mass is 1030 g/mol. The van der Waals surface area contributed by atoms with E-state index < -0.39 is 23.6 Å². The van der Waals surface area contributed by atoms with E-state index in [0.717, 1.165) is 16.5 Å². The number of hydrogen-bond donors (Lipinski definition) is 4. The molecule has 394 valence electrons. The van der Waals surface area contributed by atoms with Gasteiger partial charge in [-0.1, -0.05) is 39.8 Å². The number of likely N-dealkylation sites (tertiary alicyclic amines) is 1. The normalized spacial score (nSPS) is 17.9. The number of fused-ring (bicyclic) bond motifs is 5. The molecule has 3 aliphatic heterocycles. The molecular formula is C57H60N8O11. The summed E-state index contributed by atoms with van der Waals surface area (Å²) < 4.78 is 20.7. The Morgan fingerprint density at radius 3 is 2.36 bits per heavy atom. The van der Waals surface area contributed by atoms with E-state index in [-0.39, 0.29) is 83.4 Å². The number of aryl methyl sites for hydroxylation is 1. The summed E-state index contributed by atoms with van der Waals surface area (Å²) in [5.41, 5.74) is 3.82. The van der Waals surface area contributed by atoms with Gasteiger partial charge in [-0.25, -0.2) is 14.6 Å². The van der Waals surface area contributed by atoms with Crippen molar-refractivity contribution in [3.05, 3.63) is 128 Å². The van der Waals surface area contributed by atoms with E-state index in [1.54, 1.807) is 82.5 Å². The van der Waals surface area contributed by atoms with Crippen molar-refractivity contribution < 1.29 is 48.7 Å². The van der Waals surface area contributed by atoms with Gasteiger partial charge in [0.05, 0.1) is 34.6 Å². The summed E-state index contributed by atoms with van der Waals surface area (Å²) in [5.74, 6) is -0.521. The van der Waals surface area contributed by atoms with Gasteiger partial charge < -0.3 is 49.2 Å². The maximum Gasteiger partial charge on any atom is 0.415 e. The Morgan fingerprint density at radius 2 is 1.68 bits per heavy atom. The van der Waals surface area contributed by atoms with Crippen LogP contribution in [0.4, 0.5) is 4.79 Å². The van der Waals surface area contributed by atoms with Crippen LogP contribution in [0, 0.1) is 0 Å². The highest BCUT2D eigenvalue weighted by atomic mass is 16.6. The first-order valence-corrected chi connectivity index (χ1v) is 25.9. The van der Waals surface area contributed by atoms with Gasteiger partial charge >= 0.3 is 12.1 Å². The van der Waals surface area contributed by atoms with Crippen LogP contribution < -0.4 is 20.3 Å². The van der Waals surface area contributed by atoms with Crippen LogP contribution in [-0.2, 0) is 39.5 Å². The van der Waals surface area contributed by atoms with Crippen molar-refractivity contribution in [1.82, 2.24) is 39.4 Å². The highest BCUT2D eigenvalue weighted by Gasteiger charge is 2.45. The Hall–Kier alpha value is -8.32. The largest absolute Gasteiger partial charge is 0.508 e. The summed E-state index contributed by atoms with van der Waals surface area (Å²) >= 11 is 0. The number of esters is 1. The molecule has 0 spiro atoms. The molecule has 10 rings (SSSR count). The number of rotatable bonds is 13. The van der Waals surface area contributed by atoms with Crippen LogP contribution in [0.15, 0.2) is 89.3 Å². The Morgan fingerprint density at radius 1 is 0.934 bits per heavy atom. The van der Waals surface area contributed by atoms with E-state index in [9.17, 15) is 39.3 Å². The maximum absolute atomic E-state index is 13.9. The Balaban J connectivity index is 0.762. The molecule has 1 saturated heterocycles. The number of hydrogen-bond acceptors (Lipinski definition) is 14. The van der Waals surface area contributed by atoms with Crippen LogP contribution >= 0.6 is 0 Å². The highest BCUT2D eigenvalue weighted by molar-refractivity contribution is 5.97. The van der Waals surface area contributed by atoms with Gasteiger partial charge in [0.15, 0.2) is 11.4 Å². The third-order valence-electron chi connectivity index (χ3n) is 15.0. The fourth-order valence-corrected chi connectivity index (χ4v) is 10.9. The number of amides is 3. The van der Waals surface area contributed by atoms with Crippen LogP contribution in [0.5, 0.6) is 23.0 Å². The molecule has 4 N–H and O–H groups in total. The lowest BCUT2D eigenvalue weighted by atomic mass is 9.86. The second-order valence-corrected chi connectivity index (χ2v) is 19.8. The first kappa shape index (κ1) is 51.2. The number of aromatic nitrogens is 5. The molecule has 3 amide bonds. The maximum atomic E-state index is 13.9. The lowest BCUT2D eigenvalue weighted by Gasteiger charge is -2.37. The minimum atomic E-state index is -1.93. The number of phenolic OH excluding ortho intramolecular Hbond substituents is 2. The zero-order chi connectivity index (χ0) is 53.7. The standard InChI is InChI=1S/C57H60N8O11/c1-7-38-40-25-37(19-20-45(40)59-49-42(38)29-64-46(49)27-44-43(54(64)70)30-74-55(71)57(44,73)8-2)76-56(72)63(10-4)33-21-23-62(24-22-33)53(69)32-11-15-35(16-12-32)75-36-17-13-34(14-18-36)65-50(60-61-51(65)52(68)58-9-3)41-26-39(31(5)6)47(66)28-48(41)67/h11-15,17-20,25-28,31,33,35,66-67,73H,7-10,16,21-24,29-30H2,1-6H3,(H,58,68). The van der Waals surface area contributed by atoms with Crippen molar-refractivity contribution in [1.29, 1.82) is 0 Å². The molecule has 2 atom stereocenters. The SMILES string of the molecule is CCNC(=O)c1nnc(-c2cc(C(C)C)c(O)cc2O)n1-c1ccc(OC2C=CC(C(=O)N3CCC(N(CC)C(=O)Oc4ccc5nc6c(c(CC)c5c4)Cn4c-6cc5c(c4=O)COC(=O)C5(O)CC)CC3)=CC2)cc1. The van der Waals surface area contributed by atoms with Crippen molar-refractivity contribution in [2.45, 2.75) is 110 Å². The number of phenols is 2. The number of carbonyl (C=O) groups is 4. The molecule has 19 nitrogen and oxygen atoms in total. The topological polar surface area (TPSA) is 241 Å². The third kappa shape index (κ3) is 9.01. The molecule has 76 heavy (non-hydrogen) atoms. The number of pyridine rings is 2. The number of cyclic esters (lactones) is 1. The molecule has 3 aromatic heterocycles. The second kappa shape index (κ2) is 20.4. The number of ether oxygens (including phenoxy) is 3. The first-order valence-electron chi connectivity index (χ1n) is 25.9. The van der Waals surface area contributed by atoms with Crippen LogP contribution in [0.2, 0.25) is 0 Å². The van der Waals surface area contributed by atoms with Gasteiger partial charge in [0.25, 0.3) is 17.4 Å². The van der Waals surface area contributed by atoms with Crippen molar-refractivity contribution in [2.75, 3.05) is 26.2 Å². The second-order valence-electron chi connectivity index (χ2n) is 19.8. The quantitative estimate of drug-likeness (QED) is 0.0828. The Bertz CT molecular complexity index is 3460. The van der Waals surface area contributed by atoms with Gasteiger partial charge in [-0.2, -0.15) is 0 Å². The number of nitrogens with one attached hydrogen (secondary N) is 1. The number of piperidine rings is 1. The van der Waals surface area contributed by atoms with Crippen LogP contribution in [0.1, 0.15) is 112 Å². The van der Waals surface area contributed by atoms with Crippen molar-refractivity contribution in [3.63, 3.8) is 0 Å². The number of aliphatic hydroxyl groups is 1. The number of carbonyl (C=O) groups excluding carboxylic acids is 4. The zero-order valence-corrected chi connectivity index (χ0v) is 43.3. The third-order valence-corrected chi connectivity index (χ3v) is 15.0. The molecule has 1 aliphatic carbocycles. The first-order chi connectivity index (χ1) is 36.6. The summed E-state index contributed by atoms with van der Waals surface area (Å²) in [4.78, 5) is 75.7. The average molecular weight is 1030 g/mol. The predicted molar refractivity (Wildman–Crippen MR) is 280 cm³/mol. The van der Waals surface area contributed by atoms with E-state index in [2.05, 4.69) is 15.5 Å². The van der Waals surface area contributed by atoms with Gasteiger partial charge in [-0.15, -0.1) is 10.2 Å². The molecule has 2 unspecified atom stereocenters. The highest BCUT2D eigenvalue weighted by Crippen LogP contribution is 2.42. The van der Waals surface area contributed by atoms with Crippen LogP contribution in [-0.4, -0.2) is 112 Å². The molecule has 0 saturated carbocycles. The van der Waals surface area contributed by atoms with E-state index in [0.29, 0.717) is 103 Å². The van der Waals surface area contributed by atoms with Crippen LogP contribution in [0.3, 0.4) is 0 Å². The Labute approximate surface area is 438 Å². The van der Waals surface area contributed by atoms with Crippen molar-refractivity contribution in [3.8, 4) is 51.5 Å². The van der Waals surface area contributed by atoms with Gasteiger partial charge in [-0.3, -0.25) is 19.0 Å². The van der Waals surface area contributed by atoms with Gasteiger partial charge in [0, 0.05) is 72.5 Å². The number of benzene rings is 3. The summed E-state index contributed by atoms with van der Waals surface area (Å²) in [5, 5.41) is 44.7. The van der Waals surface area contributed by atoms with Crippen LogP contribution in [0.25, 0.3) is 39.4 Å². The average Bonchev–Trinajstić information content (AvgIpc) is 4.03. The lowest BCUT2D eigenvalue weighted by Crippen LogP contribution is -2.49. The molecule has 3 aromatic carbocycles. The van der Waals surface area contributed by atoms with E-state index in [1.807, 2.05) is 50.8 Å². The van der Waals surface area contributed by atoms with Gasteiger partial charge in [-0.05, 0) is 117 Å². The molecular weight excluding hydrogens is 973 g/mol. The van der Waals surface area contributed by atoms with E-state index >= 15 is 0 Å². The fraction of sp³-hybridized carbons (Fsp3) is 0.368. The summed E-state index contributed by atoms with van der Waals surface area (Å²) in [6, 6.07) is 16.8. The molecule has 1 fully saturated rings. The van der Waals surface area contributed by atoms with Gasteiger partial charge in [0.2, 0.25) is 5.82 Å². The predicted octanol–water partition coefficient (Wildman–Crippen LogP) is 7.32. The molecule has 0 bridgehead atoms. The molecule has 6 heterocycles. The molecule has 19 heteroatoms. The Kier molecular flexibility index (Phi) is 13.8. The summed E-state index contributed by atoms with van der Waals surface area (Å²) in [6.45, 7) is 12.9. The van der Waals surface area contributed by atoms with Crippen molar-refractivity contribution >= 4 is 34.8 Å². The van der Waals surface area contributed by atoms with E-state index in [4.69, 9.17) is 19.2 Å². The molecule has 4 aliphatic rings. The fourth-order valence-electron chi connectivity index (χ4n) is 10.9.